The van der Waals surface area contributed by atoms with Gasteiger partial charge in [0.25, 0.3) is 0 Å². The summed E-state index contributed by atoms with van der Waals surface area (Å²) in [5, 5.41) is 2.09. The first-order valence-corrected chi connectivity index (χ1v) is 3.07. The molecule has 0 heteroatoms. The summed E-state index contributed by atoms with van der Waals surface area (Å²) in [6.45, 7) is 0. The lowest BCUT2D eigenvalue weighted by atomic mass is 10.2. The summed E-state index contributed by atoms with van der Waals surface area (Å²) in [6, 6.07) is 19.2. The molecular weight excluding hydrogens is 120 g/mol. The van der Waals surface area contributed by atoms with Crippen molar-refractivity contribution >= 4 is 10.8 Å². The van der Waals surface area contributed by atoms with Crippen LogP contribution in [0.1, 0.15) is 0 Å². The first-order valence-electron chi connectivity index (χ1n) is 3.07. The largest absolute Gasteiger partial charge is 0.0823 e. The van der Waals surface area contributed by atoms with Crippen molar-refractivity contribution in [2.75, 3.05) is 0 Å². The highest BCUT2D eigenvalue weighted by atomic mass is 13.8. The van der Waals surface area contributed by atoms with Crippen LogP contribution in [-0.4, -0.2) is 0 Å². The Balaban J connectivity index is 2.89. The van der Waals surface area contributed by atoms with E-state index in [1.807, 2.05) is 24.3 Å². The maximum absolute atomic E-state index is 2.94. The molecule has 0 saturated heterocycles. The maximum atomic E-state index is 2.94. The van der Waals surface area contributed by atoms with E-state index >= 15 is 0 Å². The Morgan fingerprint density at radius 1 is 0.900 bits per heavy atom. The molecule has 0 unspecified atom stereocenters. The van der Waals surface area contributed by atoms with E-state index in [1.165, 1.54) is 0 Å². The molecule has 0 radical (unpaired) electrons. The van der Waals surface area contributed by atoms with Gasteiger partial charge in [-0.1, -0.05) is 24.3 Å². The maximum Gasteiger partial charge on any atom is 0.0823 e. The second-order valence-corrected chi connectivity index (χ2v) is 2.04. The van der Waals surface area contributed by atoms with Crippen LogP contribution in [0.5, 0.6) is 0 Å². The molecule has 0 spiro atoms. The van der Waals surface area contributed by atoms with Gasteiger partial charge < -0.3 is 0 Å². The van der Waals surface area contributed by atoms with Crippen LogP contribution in [0.2, 0.25) is 0 Å². The molecule has 2 aromatic rings. The third-order valence-corrected chi connectivity index (χ3v) is 1.38. The Bertz CT molecular complexity index is 271. The molecule has 0 nitrogen and oxygen atoms in total. The zero-order chi connectivity index (χ0) is 6.81. The summed E-state index contributed by atoms with van der Waals surface area (Å²) in [7, 11) is 0. The highest BCUT2D eigenvalue weighted by molar-refractivity contribution is 5.78. The van der Waals surface area contributed by atoms with Crippen LogP contribution in [-0.2, 0) is 0 Å². The van der Waals surface area contributed by atoms with E-state index < -0.39 is 0 Å². The SMILES string of the molecule is c1ccc2ccc#cc2c#1. The van der Waals surface area contributed by atoms with Gasteiger partial charge in [0.05, 0.1) is 5.39 Å². The van der Waals surface area contributed by atoms with Crippen molar-refractivity contribution in [3.05, 3.63) is 48.5 Å². The van der Waals surface area contributed by atoms with Crippen molar-refractivity contribution in [2.24, 2.45) is 0 Å². The highest BCUT2D eigenvalue weighted by Gasteiger charge is 1.83. The summed E-state index contributed by atoms with van der Waals surface area (Å²) in [6.07, 6.45) is 0. The molecular formula is C10H4. The molecule has 0 fully saturated rings. The normalized spacial score (nSPS) is 8.40. The van der Waals surface area contributed by atoms with E-state index in [4.69, 9.17) is 0 Å². The third-order valence-electron chi connectivity index (χ3n) is 1.38. The number of hydrogen-bond donors (Lipinski definition) is 0. The molecule has 0 atom stereocenters. The Labute approximate surface area is 60.1 Å². The molecule has 0 bridgehead atoms. The van der Waals surface area contributed by atoms with Crippen LogP contribution in [0.15, 0.2) is 24.3 Å². The Kier molecular flexibility index (Phi) is 0.998. The molecule has 10 heavy (non-hydrogen) atoms. The molecule has 2 rings (SSSR count). The minimum atomic E-state index is 0.949. The quantitative estimate of drug-likeness (QED) is 0.504. The van der Waals surface area contributed by atoms with E-state index in [0.29, 0.717) is 0 Å². The summed E-state index contributed by atoms with van der Waals surface area (Å²) >= 11 is 0. The van der Waals surface area contributed by atoms with E-state index in [9.17, 15) is 0 Å². The van der Waals surface area contributed by atoms with Gasteiger partial charge >= 0.3 is 0 Å². The molecule has 0 aliphatic heterocycles. The molecule has 0 aromatic heterocycles. The number of hydrogen-bond acceptors (Lipinski definition) is 0. The van der Waals surface area contributed by atoms with Crippen LogP contribution in [0, 0.1) is 24.3 Å². The van der Waals surface area contributed by atoms with Crippen molar-refractivity contribution in [1.82, 2.24) is 0 Å². The topological polar surface area (TPSA) is 0 Å². The summed E-state index contributed by atoms with van der Waals surface area (Å²) in [5.74, 6) is 0. The zero-order valence-corrected chi connectivity index (χ0v) is 5.31. The molecule has 0 aliphatic carbocycles. The van der Waals surface area contributed by atoms with Gasteiger partial charge in [0.2, 0.25) is 0 Å². The Hall–Kier alpha value is -1.66. The fourth-order valence-corrected chi connectivity index (χ4v) is 0.888. The van der Waals surface area contributed by atoms with Crippen molar-refractivity contribution in [1.29, 1.82) is 0 Å². The number of fused-ring (bicyclic) bond motifs is 1. The molecule has 2 aromatic carbocycles. The van der Waals surface area contributed by atoms with Crippen molar-refractivity contribution in [3.63, 3.8) is 0 Å². The molecule has 0 N–H and O–H groups in total. The first-order chi connectivity index (χ1) is 4.97. The molecule has 0 heterocycles. The lowest BCUT2D eigenvalue weighted by molar-refractivity contribution is 1.80. The lowest BCUT2D eigenvalue weighted by Crippen LogP contribution is -1.62. The van der Waals surface area contributed by atoms with E-state index in [-0.39, 0.29) is 0 Å². The van der Waals surface area contributed by atoms with Crippen LogP contribution in [0.25, 0.3) is 10.8 Å². The van der Waals surface area contributed by atoms with Gasteiger partial charge in [0.15, 0.2) is 0 Å². The monoisotopic (exact) mass is 124 g/mol. The molecule has 0 aliphatic rings. The van der Waals surface area contributed by atoms with Gasteiger partial charge in [0, 0.05) is 0 Å². The lowest BCUT2D eigenvalue weighted by Gasteiger charge is -1.83. The summed E-state index contributed by atoms with van der Waals surface area (Å²) in [4.78, 5) is 0. The Morgan fingerprint density at radius 2 is 1.50 bits per heavy atom. The van der Waals surface area contributed by atoms with Crippen molar-refractivity contribution in [2.45, 2.75) is 0 Å². The van der Waals surface area contributed by atoms with Gasteiger partial charge in [0.1, 0.15) is 0 Å². The first kappa shape index (κ1) is 5.15. The molecule has 0 amide bonds. The average molecular weight is 124 g/mol. The predicted octanol–water partition coefficient (Wildman–Crippen LogP) is 2.04. The van der Waals surface area contributed by atoms with Gasteiger partial charge in [-0.2, -0.15) is 0 Å². The minimum absolute atomic E-state index is 0.949. The average Bonchev–Trinajstić information content (AvgIpc) is 2.05. The number of rotatable bonds is 0. The fraction of sp³-hybridized carbons (Fsp3) is 0. The Morgan fingerprint density at radius 3 is 2.00 bits per heavy atom. The van der Waals surface area contributed by atoms with Gasteiger partial charge in [-0.3, -0.25) is 0 Å². The minimum Gasteiger partial charge on any atom is -0.0689 e. The smallest absolute Gasteiger partial charge is 0.0689 e. The highest BCUT2D eigenvalue weighted by Crippen LogP contribution is 2.04. The van der Waals surface area contributed by atoms with Crippen LogP contribution >= 0.6 is 0 Å². The van der Waals surface area contributed by atoms with Crippen molar-refractivity contribution < 1.29 is 0 Å². The van der Waals surface area contributed by atoms with Gasteiger partial charge in [-0.05, 0) is 29.7 Å². The predicted molar refractivity (Wildman–Crippen MR) is 39.3 cm³/mol. The van der Waals surface area contributed by atoms with Crippen molar-refractivity contribution in [3.8, 4) is 0 Å². The third kappa shape index (κ3) is 0.677. The van der Waals surface area contributed by atoms with Crippen LogP contribution in [0.4, 0.5) is 0 Å². The molecule has 0 saturated carbocycles. The van der Waals surface area contributed by atoms with E-state index in [0.717, 1.165) is 10.8 Å². The standard InChI is InChI=1S/C10H4/c1-2-6-10-8-4-3-7-9(10)5-1/h1,3,5,7H. The van der Waals surface area contributed by atoms with E-state index in [1.54, 1.807) is 0 Å². The second-order valence-electron chi connectivity index (χ2n) is 2.04. The zero-order valence-electron chi connectivity index (χ0n) is 5.31. The van der Waals surface area contributed by atoms with Crippen LogP contribution in [0.3, 0.4) is 0 Å². The van der Waals surface area contributed by atoms with E-state index in [2.05, 4.69) is 24.3 Å². The van der Waals surface area contributed by atoms with Gasteiger partial charge in [-0.15, -0.1) is 0 Å². The fourth-order valence-electron chi connectivity index (χ4n) is 0.888. The van der Waals surface area contributed by atoms with Crippen LogP contribution < -0.4 is 0 Å². The van der Waals surface area contributed by atoms with Gasteiger partial charge in [-0.25, -0.2) is 0 Å². The summed E-state index contributed by atoms with van der Waals surface area (Å²) in [5.41, 5.74) is 0. The molecule has 44 valence electrons. The summed E-state index contributed by atoms with van der Waals surface area (Å²) < 4.78 is 0. The second kappa shape index (κ2) is 1.94.